The first kappa shape index (κ1) is 16.4. The standard InChI is InChI=1S/C15H31N3O/c1-4-6-9-17(10-7-5-2)15(19)13-18-11-8-16-12-14(18)3/h14,16H,4-13H2,1-3H3. The van der Waals surface area contributed by atoms with Gasteiger partial charge in [-0.2, -0.15) is 0 Å². The van der Waals surface area contributed by atoms with Crippen LogP contribution in [0.5, 0.6) is 0 Å². The van der Waals surface area contributed by atoms with Crippen molar-refractivity contribution in [1.29, 1.82) is 0 Å². The summed E-state index contributed by atoms with van der Waals surface area (Å²) in [7, 11) is 0. The normalized spacial score (nSPS) is 20.5. The predicted octanol–water partition coefficient (Wildman–Crippen LogP) is 1.71. The first-order chi connectivity index (χ1) is 9.19. The Morgan fingerprint density at radius 3 is 2.42 bits per heavy atom. The molecule has 1 aliphatic heterocycles. The lowest BCUT2D eigenvalue weighted by molar-refractivity contribution is -0.133. The zero-order valence-corrected chi connectivity index (χ0v) is 13.0. The van der Waals surface area contributed by atoms with Crippen molar-refractivity contribution in [1.82, 2.24) is 15.1 Å². The lowest BCUT2D eigenvalue weighted by Crippen LogP contribution is -2.53. The number of nitrogens with zero attached hydrogens (tertiary/aromatic N) is 2. The molecule has 4 nitrogen and oxygen atoms in total. The largest absolute Gasteiger partial charge is 0.342 e. The van der Waals surface area contributed by atoms with Gasteiger partial charge in [-0.15, -0.1) is 0 Å². The first-order valence-corrected chi connectivity index (χ1v) is 7.91. The lowest BCUT2D eigenvalue weighted by Gasteiger charge is -2.35. The van der Waals surface area contributed by atoms with Gasteiger partial charge < -0.3 is 10.2 Å². The summed E-state index contributed by atoms with van der Waals surface area (Å²) in [6.07, 6.45) is 4.54. The third kappa shape index (κ3) is 5.91. The molecule has 0 radical (unpaired) electrons. The van der Waals surface area contributed by atoms with Gasteiger partial charge in [-0.3, -0.25) is 9.69 Å². The van der Waals surface area contributed by atoms with E-state index in [1.165, 1.54) is 0 Å². The Morgan fingerprint density at radius 2 is 1.89 bits per heavy atom. The summed E-state index contributed by atoms with van der Waals surface area (Å²) in [5.74, 6) is 0.315. The van der Waals surface area contributed by atoms with Crippen LogP contribution in [0.15, 0.2) is 0 Å². The minimum absolute atomic E-state index is 0.315. The second-order valence-corrected chi connectivity index (χ2v) is 5.61. The molecule has 0 aliphatic carbocycles. The van der Waals surface area contributed by atoms with Gasteiger partial charge >= 0.3 is 0 Å². The van der Waals surface area contributed by atoms with E-state index in [1.54, 1.807) is 0 Å². The van der Waals surface area contributed by atoms with Gasteiger partial charge in [0, 0.05) is 38.8 Å². The molecule has 0 aromatic carbocycles. The minimum Gasteiger partial charge on any atom is -0.342 e. The number of carbonyl (C=O) groups is 1. The fraction of sp³-hybridized carbons (Fsp3) is 0.933. The molecule has 1 heterocycles. The average Bonchev–Trinajstić information content (AvgIpc) is 2.41. The molecule has 1 rings (SSSR count). The topological polar surface area (TPSA) is 35.6 Å². The summed E-state index contributed by atoms with van der Waals surface area (Å²) < 4.78 is 0. The maximum Gasteiger partial charge on any atom is 0.236 e. The molecule has 1 fully saturated rings. The molecule has 0 aromatic heterocycles. The molecule has 1 amide bonds. The quantitative estimate of drug-likeness (QED) is 0.728. The number of rotatable bonds is 8. The fourth-order valence-corrected chi connectivity index (χ4v) is 2.45. The van der Waals surface area contributed by atoms with Crippen molar-refractivity contribution in [3.63, 3.8) is 0 Å². The molecular formula is C15H31N3O. The maximum absolute atomic E-state index is 12.4. The van der Waals surface area contributed by atoms with Gasteiger partial charge in [0.25, 0.3) is 0 Å². The summed E-state index contributed by atoms with van der Waals surface area (Å²) >= 11 is 0. The summed E-state index contributed by atoms with van der Waals surface area (Å²) in [5.41, 5.74) is 0. The molecule has 0 spiro atoms. The summed E-state index contributed by atoms with van der Waals surface area (Å²) in [6, 6.07) is 0.469. The van der Waals surface area contributed by atoms with Crippen LogP contribution in [0.2, 0.25) is 0 Å². The van der Waals surface area contributed by atoms with Crippen LogP contribution in [0.1, 0.15) is 46.5 Å². The number of amides is 1. The average molecular weight is 269 g/mol. The van der Waals surface area contributed by atoms with E-state index in [0.29, 0.717) is 18.5 Å². The highest BCUT2D eigenvalue weighted by molar-refractivity contribution is 5.78. The van der Waals surface area contributed by atoms with E-state index in [-0.39, 0.29) is 0 Å². The van der Waals surface area contributed by atoms with Gasteiger partial charge in [0.05, 0.1) is 6.54 Å². The van der Waals surface area contributed by atoms with Gasteiger partial charge in [-0.05, 0) is 19.8 Å². The fourth-order valence-electron chi connectivity index (χ4n) is 2.45. The van der Waals surface area contributed by atoms with E-state index in [4.69, 9.17) is 0 Å². The van der Waals surface area contributed by atoms with E-state index in [1.807, 2.05) is 0 Å². The number of unbranched alkanes of at least 4 members (excludes halogenated alkanes) is 2. The molecule has 0 bridgehead atoms. The van der Waals surface area contributed by atoms with Crippen LogP contribution in [0.25, 0.3) is 0 Å². The van der Waals surface area contributed by atoms with Crippen LogP contribution in [0.4, 0.5) is 0 Å². The highest BCUT2D eigenvalue weighted by Gasteiger charge is 2.22. The van der Waals surface area contributed by atoms with Crippen LogP contribution in [-0.2, 0) is 4.79 Å². The Morgan fingerprint density at radius 1 is 1.26 bits per heavy atom. The molecule has 1 unspecified atom stereocenters. The molecule has 112 valence electrons. The second-order valence-electron chi connectivity index (χ2n) is 5.61. The molecule has 4 heteroatoms. The molecule has 1 atom stereocenters. The first-order valence-electron chi connectivity index (χ1n) is 7.91. The number of carbonyl (C=O) groups excluding carboxylic acids is 1. The minimum atomic E-state index is 0.315. The maximum atomic E-state index is 12.4. The Kier molecular flexibility index (Phi) is 8.07. The number of piperazine rings is 1. The van der Waals surface area contributed by atoms with E-state index < -0.39 is 0 Å². The zero-order chi connectivity index (χ0) is 14.1. The monoisotopic (exact) mass is 269 g/mol. The Hall–Kier alpha value is -0.610. The third-order valence-corrected chi connectivity index (χ3v) is 3.89. The molecule has 0 saturated carbocycles. The van der Waals surface area contributed by atoms with Crippen molar-refractivity contribution in [3.05, 3.63) is 0 Å². The summed E-state index contributed by atoms with van der Waals surface area (Å²) in [4.78, 5) is 16.8. The van der Waals surface area contributed by atoms with Crippen LogP contribution >= 0.6 is 0 Å². The van der Waals surface area contributed by atoms with E-state index in [9.17, 15) is 4.79 Å². The molecule has 1 saturated heterocycles. The third-order valence-electron chi connectivity index (χ3n) is 3.89. The van der Waals surface area contributed by atoms with Crippen LogP contribution in [0.3, 0.4) is 0 Å². The molecule has 19 heavy (non-hydrogen) atoms. The number of hydrogen-bond donors (Lipinski definition) is 1. The van der Waals surface area contributed by atoms with Crippen molar-refractivity contribution < 1.29 is 4.79 Å². The smallest absolute Gasteiger partial charge is 0.236 e. The highest BCUT2D eigenvalue weighted by Crippen LogP contribution is 2.06. The predicted molar refractivity (Wildman–Crippen MR) is 80.3 cm³/mol. The van der Waals surface area contributed by atoms with E-state index >= 15 is 0 Å². The molecule has 0 aromatic rings. The Labute approximate surface area is 118 Å². The zero-order valence-electron chi connectivity index (χ0n) is 13.0. The van der Waals surface area contributed by atoms with Gasteiger partial charge in [0.1, 0.15) is 0 Å². The van der Waals surface area contributed by atoms with Gasteiger partial charge in [0.2, 0.25) is 5.91 Å². The Bertz CT molecular complexity index is 250. The van der Waals surface area contributed by atoms with Crippen molar-refractivity contribution in [2.45, 2.75) is 52.5 Å². The van der Waals surface area contributed by atoms with Gasteiger partial charge in [-0.25, -0.2) is 0 Å². The van der Waals surface area contributed by atoms with Crippen molar-refractivity contribution in [3.8, 4) is 0 Å². The van der Waals surface area contributed by atoms with Crippen molar-refractivity contribution in [2.75, 3.05) is 39.3 Å². The Balaban J connectivity index is 2.44. The second kappa shape index (κ2) is 9.32. The summed E-state index contributed by atoms with van der Waals surface area (Å²) in [6.45, 7) is 12.0. The highest BCUT2D eigenvalue weighted by atomic mass is 16.2. The van der Waals surface area contributed by atoms with Crippen molar-refractivity contribution in [2.24, 2.45) is 0 Å². The number of hydrogen-bond acceptors (Lipinski definition) is 3. The van der Waals surface area contributed by atoms with Crippen LogP contribution in [0, 0.1) is 0 Å². The number of nitrogens with one attached hydrogen (secondary N) is 1. The van der Waals surface area contributed by atoms with Gasteiger partial charge in [0.15, 0.2) is 0 Å². The lowest BCUT2D eigenvalue weighted by atomic mass is 10.2. The van der Waals surface area contributed by atoms with E-state index in [0.717, 1.165) is 58.4 Å². The molecule has 1 aliphatic rings. The molecular weight excluding hydrogens is 238 g/mol. The van der Waals surface area contributed by atoms with Gasteiger partial charge in [-0.1, -0.05) is 26.7 Å². The molecule has 1 N–H and O–H groups in total. The van der Waals surface area contributed by atoms with Crippen molar-refractivity contribution >= 4 is 5.91 Å². The van der Waals surface area contributed by atoms with Crippen LogP contribution < -0.4 is 5.32 Å². The SMILES string of the molecule is CCCCN(CCCC)C(=O)CN1CCNCC1C. The summed E-state index contributed by atoms with van der Waals surface area (Å²) in [5, 5.41) is 3.37. The van der Waals surface area contributed by atoms with E-state index in [2.05, 4.69) is 35.9 Å². The van der Waals surface area contributed by atoms with Crippen LogP contribution in [-0.4, -0.2) is 61.0 Å².